The van der Waals surface area contributed by atoms with Crippen LogP contribution < -0.4 is 0 Å². The molecule has 5 heteroatoms. The van der Waals surface area contributed by atoms with Crippen LogP contribution in [-0.4, -0.2) is 6.29 Å². The second-order valence-electron chi connectivity index (χ2n) is 3.48. The van der Waals surface area contributed by atoms with Gasteiger partial charge in [0, 0.05) is 5.56 Å². The molecule has 0 fully saturated rings. The summed E-state index contributed by atoms with van der Waals surface area (Å²) < 4.78 is 32.5. The molecule has 0 N–H and O–H groups in total. The van der Waals surface area contributed by atoms with E-state index >= 15 is 0 Å². The van der Waals surface area contributed by atoms with Crippen molar-refractivity contribution in [2.24, 2.45) is 0 Å². The number of hydrogen-bond acceptors (Lipinski definition) is 2. The number of rotatable bonds is 2. The van der Waals surface area contributed by atoms with Gasteiger partial charge in [0.2, 0.25) is 0 Å². The first-order valence-corrected chi connectivity index (χ1v) is 5.53. The van der Waals surface area contributed by atoms with Crippen LogP contribution in [0.25, 0.3) is 11.3 Å². The molecule has 0 aliphatic rings. The highest BCUT2D eigenvalue weighted by atomic mass is 79.9. The molecule has 2 rings (SSSR count). The maximum atomic E-state index is 13.8. The van der Waals surface area contributed by atoms with Crippen LogP contribution in [0.4, 0.5) is 8.78 Å². The van der Waals surface area contributed by atoms with Crippen LogP contribution in [0.1, 0.15) is 16.1 Å². The van der Waals surface area contributed by atoms with Crippen LogP contribution in [0.5, 0.6) is 0 Å². The molecule has 17 heavy (non-hydrogen) atoms. The van der Waals surface area contributed by atoms with Gasteiger partial charge in [-0.15, -0.1) is 0 Å². The van der Waals surface area contributed by atoms with E-state index in [2.05, 4.69) is 15.9 Å². The van der Waals surface area contributed by atoms with Crippen LogP contribution in [0, 0.1) is 18.6 Å². The summed E-state index contributed by atoms with van der Waals surface area (Å²) in [6, 6.07) is 4.17. The number of carbonyl (C=O) groups excluding carboxylic acids is 1. The van der Waals surface area contributed by atoms with Crippen molar-refractivity contribution in [3.8, 4) is 11.3 Å². The monoisotopic (exact) mass is 300 g/mol. The third-order valence-corrected chi connectivity index (χ3v) is 2.96. The van der Waals surface area contributed by atoms with Gasteiger partial charge in [-0.2, -0.15) is 0 Å². The molecule has 0 spiro atoms. The fourth-order valence-electron chi connectivity index (χ4n) is 1.47. The van der Waals surface area contributed by atoms with E-state index in [1.54, 1.807) is 0 Å². The zero-order valence-electron chi connectivity index (χ0n) is 8.76. The highest BCUT2D eigenvalue weighted by Gasteiger charge is 2.17. The Balaban J connectivity index is 2.63. The van der Waals surface area contributed by atoms with Crippen molar-refractivity contribution in [1.82, 2.24) is 0 Å². The van der Waals surface area contributed by atoms with E-state index in [-0.39, 0.29) is 27.1 Å². The fourth-order valence-corrected chi connectivity index (χ4v) is 2.00. The highest BCUT2D eigenvalue weighted by Crippen LogP contribution is 2.32. The number of furan rings is 1. The molecule has 0 bridgehead atoms. The molecule has 1 aromatic heterocycles. The van der Waals surface area contributed by atoms with Crippen molar-refractivity contribution in [3.05, 3.63) is 45.6 Å². The van der Waals surface area contributed by atoms with Gasteiger partial charge in [-0.05, 0) is 41.1 Å². The number of aldehydes is 1. The SMILES string of the molecule is Cc1c(F)c(Br)cc(-c2ccc(C=O)o2)c1F. The maximum Gasteiger partial charge on any atom is 0.185 e. The van der Waals surface area contributed by atoms with Gasteiger partial charge in [-0.3, -0.25) is 4.79 Å². The predicted molar refractivity (Wildman–Crippen MR) is 61.9 cm³/mol. The summed E-state index contributed by atoms with van der Waals surface area (Å²) in [5.41, 5.74) is 0.0160. The molecule has 1 heterocycles. The first-order chi connectivity index (χ1) is 8.04. The van der Waals surface area contributed by atoms with Crippen molar-refractivity contribution < 1.29 is 18.0 Å². The molecule has 0 unspecified atom stereocenters. The van der Waals surface area contributed by atoms with Crippen molar-refractivity contribution in [1.29, 1.82) is 0 Å². The second kappa shape index (κ2) is 4.41. The van der Waals surface area contributed by atoms with Gasteiger partial charge in [-0.25, -0.2) is 8.78 Å². The average Bonchev–Trinajstić information content (AvgIpc) is 2.79. The largest absolute Gasteiger partial charge is 0.453 e. The quantitative estimate of drug-likeness (QED) is 0.617. The zero-order chi connectivity index (χ0) is 12.6. The molecule has 0 saturated heterocycles. The van der Waals surface area contributed by atoms with Gasteiger partial charge < -0.3 is 4.42 Å². The molecular weight excluding hydrogens is 294 g/mol. The molecular formula is C12H7BrF2O2. The van der Waals surface area contributed by atoms with Gasteiger partial charge in [-0.1, -0.05) is 0 Å². The lowest BCUT2D eigenvalue weighted by Gasteiger charge is -2.06. The minimum atomic E-state index is -0.697. The Morgan fingerprint density at radius 1 is 1.29 bits per heavy atom. The molecule has 0 saturated carbocycles. The number of halogens is 3. The predicted octanol–water partition coefficient (Wildman–Crippen LogP) is 4.11. The van der Waals surface area contributed by atoms with Crippen LogP contribution in [0.15, 0.2) is 27.1 Å². The third kappa shape index (κ3) is 2.02. The van der Waals surface area contributed by atoms with Crippen LogP contribution >= 0.6 is 15.9 Å². The molecule has 2 aromatic rings. The molecule has 88 valence electrons. The standard InChI is InChI=1S/C12H7BrF2O2/c1-6-11(14)8(4-9(13)12(6)15)10-3-2-7(5-16)17-10/h2-5H,1H3. The summed E-state index contributed by atoms with van der Waals surface area (Å²) in [5.74, 6) is -1.06. The lowest BCUT2D eigenvalue weighted by Crippen LogP contribution is -1.93. The van der Waals surface area contributed by atoms with E-state index in [4.69, 9.17) is 4.42 Å². The number of hydrogen-bond donors (Lipinski definition) is 0. The van der Waals surface area contributed by atoms with Crippen molar-refractivity contribution in [3.63, 3.8) is 0 Å². The zero-order valence-corrected chi connectivity index (χ0v) is 10.3. The van der Waals surface area contributed by atoms with E-state index in [0.717, 1.165) is 0 Å². The Hall–Kier alpha value is -1.49. The summed E-state index contributed by atoms with van der Waals surface area (Å²) in [7, 11) is 0. The minimum absolute atomic E-state index is 0.0949. The van der Waals surface area contributed by atoms with E-state index in [9.17, 15) is 13.6 Å². The van der Waals surface area contributed by atoms with Crippen LogP contribution in [0.2, 0.25) is 0 Å². The lowest BCUT2D eigenvalue weighted by molar-refractivity contribution is 0.110. The Bertz CT molecular complexity index is 590. The summed E-state index contributed by atoms with van der Waals surface area (Å²) in [6.45, 7) is 1.34. The van der Waals surface area contributed by atoms with E-state index in [1.807, 2.05) is 0 Å². The van der Waals surface area contributed by atoms with Gasteiger partial charge >= 0.3 is 0 Å². The Kier molecular flexibility index (Phi) is 3.11. The van der Waals surface area contributed by atoms with Crippen LogP contribution in [0.3, 0.4) is 0 Å². The lowest BCUT2D eigenvalue weighted by atomic mass is 10.1. The van der Waals surface area contributed by atoms with Gasteiger partial charge in [0.05, 0.1) is 10.0 Å². The Labute approximate surface area is 104 Å². The summed E-state index contributed by atoms with van der Waals surface area (Å²) >= 11 is 3.00. The number of benzene rings is 1. The normalized spacial score (nSPS) is 10.6. The molecule has 0 amide bonds. The Morgan fingerprint density at radius 2 is 2.00 bits per heavy atom. The summed E-state index contributed by atoms with van der Waals surface area (Å²) in [4.78, 5) is 10.5. The average molecular weight is 301 g/mol. The maximum absolute atomic E-state index is 13.8. The fraction of sp³-hybridized carbons (Fsp3) is 0.0833. The first-order valence-electron chi connectivity index (χ1n) is 4.74. The van der Waals surface area contributed by atoms with Gasteiger partial charge in [0.15, 0.2) is 12.0 Å². The van der Waals surface area contributed by atoms with Gasteiger partial charge in [0.25, 0.3) is 0 Å². The molecule has 0 radical (unpaired) electrons. The van der Waals surface area contributed by atoms with E-state index in [0.29, 0.717) is 6.29 Å². The first kappa shape index (κ1) is 12.0. The molecule has 0 aliphatic heterocycles. The van der Waals surface area contributed by atoms with Crippen LogP contribution in [-0.2, 0) is 0 Å². The molecule has 0 atom stereocenters. The second-order valence-corrected chi connectivity index (χ2v) is 4.33. The minimum Gasteiger partial charge on any atom is -0.453 e. The third-order valence-electron chi connectivity index (χ3n) is 2.38. The van der Waals surface area contributed by atoms with Crippen molar-refractivity contribution in [2.75, 3.05) is 0 Å². The van der Waals surface area contributed by atoms with E-state index in [1.165, 1.54) is 25.1 Å². The van der Waals surface area contributed by atoms with Crippen molar-refractivity contribution >= 4 is 22.2 Å². The van der Waals surface area contributed by atoms with Gasteiger partial charge in [0.1, 0.15) is 17.4 Å². The Morgan fingerprint density at radius 3 is 2.59 bits per heavy atom. The van der Waals surface area contributed by atoms with E-state index < -0.39 is 11.6 Å². The number of carbonyl (C=O) groups is 1. The summed E-state index contributed by atoms with van der Waals surface area (Å²) in [5, 5.41) is 0. The smallest absolute Gasteiger partial charge is 0.185 e. The molecule has 0 aliphatic carbocycles. The topological polar surface area (TPSA) is 30.2 Å². The summed E-state index contributed by atoms with van der Waals surface area (Å²) in [6.07, 6.45) is 0.521. The highest BCUT2D eigenvalue weighted by molar-refractivity contribution is 9.10. The molecule has 2 nitrogen and oxygen atoms in total. The molecule has 1 aromatic carbocycles. The van der Waals surface area contributed by atoms with Crippen molar-refractivity contribution in [2.45, 2.75) is 6.92 Å².